The number of esters is 2. The Morgan fingerprint density at radius 1 is 1.05 bits per heavy atom. The quantitative estimate of drug-likeness (QED) is 0.616. The molecule has 0 N–H and O–H groups in total. The highest BCUT2D eigenvalue weighted by atomic mass is 19.4. The molecule has 0 unspecified atom stereocenters. The van der Waals surface area contributed by atoms with Crippen molar-refractivity contribution < 1.29 is 36.6 Å². The highest BCUT2D eigenvalue weighted by molar-refractivity contribution is 5.97. The number of hydrogen-bond donors (Lipinski definition) is 0. The van der Waals surface area contributed by atoms with Gasteiger partial charge in [-0.3, -0.25) is 0 Å². The minimum Gasteiger partial charge on any atom is -0.465 e. The zero-order valence-corrected chi connectivity index (χ0v) is 9.80. The van der Waals surface area contributed by atoms with Gasteiger partial charge in [0, 0.05) is 0 Å². The van der Waals surface area contributed by atoms with Crippen molar-refractivity contribution in [2.24, 2.45) is 0 Å². The summed E-state index contributed by atoms with van der Waals surface area (Å²) in [6, 6.07) is 1.01. The molecule has 4 nitrogen and oxygen atoms in total. The SMILES string of the molecule is COC(=O)c1ccc(C(F)(F)F)c(C(=O)OC)c1F. The molecular weight excluding hydrogens is 272 g/mol. The molecule has 0 aliphatic carbocycles. The first-order valence-electron chi connectivity index (χ1n) is 4.80. The molecule has 0 amide bonds. The largest absolute Gasteiger partial charge is 0.465 e. The van der Waals surface area contributed by atoms with Crippen LogP contribution in [0.2, 0.25) is 0 Å². The van der Waals surface area contributed by atoms with Gasteiger partial charge in [0.1, 0.15) is 5.56 Å². The minimum atomic E-state index is -4.96. The Balaban J connectivity index is 3.59. The molecule has 1 aromatic rings. The molecule has 0 fully saturated rings. The van der Waals surface area contributed by atoms with E-state index in [4.69, 9.17) is 0 Å². The van der Waals surface area contributed by atoms with Gasteiger partial charge in [-0.2, -0.15) is 13.2 Å². The van der Waals surface area contributed by atoms with Gasteiger partial charge in [-0.05, 0) is 12.1 Å². The van der Waals surface area contributed by atoms with Crippen molar-refractivity contribution in [3.8, 4) is 0 Å². The normalized spacial score (nSPS) is 11.1. The van der Waals surface area contributed by atoms with E-state index in [9.17, 15) is 27.2 Å². The molecule has 0 bridgehead atoms. The van der Waals surface area contributed by atoms with Gasteiger partial charge in [0.15, 0.2) is 5.82 Å². The second kappa shape index (κ2) is 5.25. The standard InChI is InChI=1S/C11H8F4O4/c1-18-9(16)5-3-4-6(11(13,14)15)7(8(5)12)10(17)19-2/h3-4H,1-2H3. The predicted octanol–water partition coefficient (Wildman–Crippen LogP) is 2.42. The molecular formula is C11H8F4O4. The van der Waals surface area contributed by atoms with Crippen LogP contribution < -0.4 is 0 Å². The Morgan fingerprint density at radius 3 is 2.00 bits per heavy atom. The van der Waals surface area contributed by atoms with E-state index >= 15 is 0 Å². The summed E-state index contributed by atoms with van der Waals surface area (Å²) in [4.78, 5) is 22.4. The molecule has 0 radical (unpaired) electrons. The summed E-state index contributed by atoms with van der Waals surface area (Å²) in [6.07, 6.45) is -4.96. The smallest absolute Gasteiger partial charge is 0.417 e. The van der Waals surface area contributed by atoms with Crippen molar-refractivity contribution in [3.63, 3.8) is 0 Å². The zero-order chi connectivity index (χ0) is 14.8. The van der Waals surface area contributed by atoms with Crippen LogP contribution in [-0.4, -0.2) is 26.2 Å². The average Bonchev–Trinajstić information content (AvgIpc) is 2.35. The number of hydrogen-bond acceptors (Lipinski definition) is 4. The van der Waals surface area contributed by atoms with Crippen LogP contribution in [-0.2, 0) is 15.7 Å². The second-order valence-electron chi connectivity index (χ2n) is 3.33. The van der Waals surface area contributed by atoms with Crippen LogP contribution in [0.15, 0.2) is 12.1 Å². The number of halogens is 4. The molecule has 0 spiro atoms. The molecule has 0 aromatic heterocycles. The third-order valence-corrected chi connectivity index (χ3v) is 2.24. The molecule has 0 atom stereocenters. The summed E-state index contributed by atoms with van der Waals surface area (Å²) in [5.74, 6) is -4.36. The Morgan fingerprint density at radius 2 is 1.58 bits per heavy atom. The van der Waals surface area contributed by atoms with E-state index in [0.29, 0.717) is 12.1 Å². The lowest BCUT2D eigenvalue weighted by molar-refractivity contribution is -0.138. The van der Waals surface area contributed by atoms with Crippen molar-refractivity contribution >= 4 is 11.9 Å². The summed E-state index contributed by atoms with van der Waals surface area (Å²) in [7, 11) is 1.73. The van der Waals surface area contributed by atoms with Crippen molar-refractivity contribution in [2.45, 2.75) is 6.18 Å². The fourth-order valence-corrected chi connectivity index (χ4v) is 1.38. The van der Waals surface area contributed by atoms with E-state index < -0.39 is 40.6 Å². The van der Waals surface area contributed by atoms with Crippen LogP contribution in [0, 0.1) is 5.82 Å². The Bertz CT molecular complexity index is 522. The minimum absolute atomic E-state index is 0.418. The van der Waals surface area contributed by atoms with Gasteiger partial charge < -0.3 is 9.47 Å². The Kier molecular flexibility index (Phi) is 4.13. The molecule has 8 heteroatoms. The monoisotopic (exact) mass is 280 g/mol. The lowest BCUT2D eigenvalue weighted by Gasteiger charge is -2.13. The third kappa shape index (κ3) is 2.83. The van der Waals surface area contributed by atoms with Crippen LogP contribution in [0.1, 0.15) is 26.3 Å². The molecule has 1 rings (SSSR count). The molecule has 104 valence electrons. The van der Waals surface area contributed by atoms with Gasteiger partial charge >= 0.3 is 18.1 Å². The van der Waals surface area contributed by atoms with Crippen molar-refractivity contribution in [1.82, 2.24) is 0 Å². The predicted molar refractivity (Wildman–Crippen MR) is 54.1 cm³/mol. The fraction of sp³-hybridized carbons (Fsp3) is 0.273. The second-order valence-corrected chi connectivity index (χ2v) is 3.33. The van der Waals surface area contributed by atoms with E-state index in [1.165, 1.54) is 0 Å². The zero-order valence-electron chi connectivity index (χ0n) is 9.80. The van der Waals surface area contributed by atoms with Gasteiger partial charge in [-0.1, -0.05) is 0 Å². The number of carbonyl (C=O) groups is 2. The molecule has 0 saturated carbocycles. The van der Waals surface area contributed by atoms with E-state index in [2.05, 4.69) is 9.47 Å². The molecule has 1 aromatic carbocycles. The first-order chi connectivity index (χ1) is 8.73. The van der Waals surface area contributed by atoms with Crippen LogP contribution >= 0.6 is 0 Å². The van der Waals surface area contributed by atoms with Crippen LogP contribution in [0.4, 0.5) is 17.6 Å². The average molecular weight is 280 g/mol. The summed E-state index contributed by atoms with van der Waals surface area (Å²) in [5.41, 5.74) is -3.65. The van der Waals surface area contributed by atoms with Crippen LogP contribution in [0.3, 0.4) is 0 Å². The lowest BCUT2D eigenvalue weighted by atomic mass is 10.0. The third-order valence-electron chi connectivity index (χ3n) is 2.24. The van der Waals surface area contributed by atoms with E-state index in [1.807, 2.05) is 0 Å². The van der Waals surface area contributed by atoms with Gasteiger partial charge in [-0.15, -0.1) is 0 Å². The molecule has 0 saturated heterocycles. The lowest BCUT2D eigenvalue weighted by Crippen LogP contribution is -2.19. The topological polar surface area (TPSA) is 52.6 Å². The Hall–Kier alpha value is -2.12. The van der Waals surface area contributed by atoms with Crippen LogP contribution in [0.5, 0.6) is 0 Å². The maximum Gasteiger partial charge on any atom is 0.417 e. The highest BCUT2D eigenvalue weighted by Gasteiger charge is 2.38. The molecule has 0 aliphatic heterocycles. The maximum atomic E-state index is 13.8. The van der Waals surface area contributed by atoms with E-state index in [0.717, 1.165) is 14.2 Å². The number of benzene rings is 1. The summed E-state index contributed by atoms with van der Waals surface area (Å²) in [6.45, 7) is 0. The number of alkyl halides is 3. The number of ether oxygens (including phenoxy) is 2. The Labute approximate surface area is 104 Å². The summed E-state index contributed by atoms with van der Waals surface area (Å²) < 4.78 is 60.1. The molecule has 19 heavy (non-hydrogen) atoms. The van der Waals surface area contributed by atoms with Gasteiger partial charge in [-0.25, -0.2) is 14.0 Å². The number of carbonyl (C=O) groups excluding carboxylic acids is 2. The number of rotatable bonds is 2. The van der Waals surface area contributed by atoms with Crippen LogP contribution in [0.25, 0.3) is 0 Å². The molecule has 0 aliphatic rings. The first kappa shape index (κ1) is 14.9. The maximum absolute atomic E-state index is 13.8. The van der Waals surface area contributed by atoms with E-state index in [1.54, 1.807) is 0 Å². The molecule has 0 heterocycles. The van der Waals surface area contributed by atoms with Gasteiger partial charge in [0.05, 0.1) is 25.3 Å². The number of methoxy groups -OCH3 is 2. The first-order valence-corrected chi connectivity index (χ1v) is 4.80. The highest BCUT2D eigenvalue weighted by Crippen LogP contribution is 2.34. The summed E-state index contributed by atoms with van der Waals surface area (Å²) in [5, 5.41) is 0. The van der Waals surface area contributed by atoms with E-state index in [-0.39, 0.29) is 0 Å². The van der Waals surface area contributed by atoms with Crippen molar-refractivity contribution in [2.75, 3.05) is 14.2 Å². The van der Waals surface area contributed by atoms with Crippen molar-refractivity contribution in [1.29, 1.82) is 0 Å². The van der Waals surface area contributed by atoms with Gasteiger partial charge in [0.25, 0.3) is 0 Å². The fourth-order valence-electron chi connectivity index (χ4n) is 1.38. The summed E-state index contributed by atoms with van der Waals surface area (Å²) >= 11 is 0. The van der Waals surface area contributed by atoms with Crippen molar-refractivity contribution in [3.05, 3.63) is 34.6 Å². The van der Waals surface area contributed by atoms with Gasteiger partial charge in [0.2, 0.25) is 0 Å².